The third-order valence-electron chi connectivity index (χ3n) is 2.72. The van der Waals surface area contributed by atoms with Crippen LogP contribution in [0.4, 0.5) is 0 Å². The van der Waals surface area contributed by atoms with Crippen molar-refractivity contribution in [2.75, 3.05) is 6.61 Å². The highest BCUT2D eigenvalue weighted by molar-refractivity contribution is 5.68. The lowest BCUT2D eigenvalue weighted by atomic mass is 10.1. The van der Waals surface area contributed by atoms with Gasteiger partial charge in [-0.15, -0.1) is 0 Å². The summed E-state index contributed by atoms with van der Waals surface area (Å²) in [7, 11) is 0. The van der Waals surface area contributed by atoms with Crippen LogP contribution < -0.4 is 4.74 Å². The van der Waals surface area contributed by atoms with Gasteiger partial charge in [0.25, 0.3) is 0 Å². The van der Waals surface area contributed by atoms with E-state index < -0.39 is 5.97 Å². The van der Waals surface area contributed by atoms with Crippen molar-refractivity contribution in [3.8, 4) is 11.4 Å². The van der Waals surface area contributed by atoms with E-state index >= 15 is 0 Å². The summed E-state index contributed by atoms with van der Waals surface area (Å²) in [6.07, 6.45) is 3.57. The largest absolute Gasteiger partial charge is 0.482 e. The molecule has 2 aromatic rings. The Morgan fingerprint density at radius 1 is 1.47 bits per heavy atom. The second kappa shape index (κ2) is 5.56. The number of carboxylic acid groups (broad SMARTS) is 1. The summed E-state index contributed by atoms with van der Waals surface area (Å²) in [4.78, 5) is 14.6. The number of benzene rings is 1. The van der Waals surface area contributed by atoms with Crippen molar-refractivity contribution in [3.63, 3.8) is 0 Å². The SMILES string of the molecule is CC(C)c1cncn1-c1cccc(OCC(=O)O)c1. The Morgan fingerprint density at radius 3 is 2.95 bits per heavy atom. The first-order valence-corrected chi connectivity index (χ1v) is 6.05. The fourth-order valence-corrected chi connectivity index (χ4v) is 1.82. The van der Waals surface area contributed by atoms with E-state index in [0.29, 0.717) is 11.7 Å². The van der Waals surface area contributed by atoms with Crippen LogP contribution in [0, 0.1) is 0 Å². The van der Waals surface area contributed by atoms with Gasteiger partial charge in [-0.1, -0.05) is 19.9 Å². The summed E-state index contributed by atoms with van der Waals surface area (Å²) in [6, 6.07) is 7.30. The molecule has 0 aliphatic heterocycles. The van der Waals surface area contributed by atoms with Gasteiger partial charge >= 0.3 is 5.97 Å². The molecule has 0 aliphatic rings. The summed E-state index contributed by atoms with van der Waals surface area (Å²) in [6.45, 7) is 3.85. The lowest BCUT2D eigenvalue weighted by Crippen LogP contribution is -2.09. The molecule has 0 saturated carbocycles. The Kier molecular flexibility index (Phi) is 3.85. The van der Waals surface area contributed by atoms with Gasteiger partial charge in [-0.05, 0) is 18.1 Å². The van der Waals surface area contributed by atoms with Crippen LogP contribution in [0.5, 0.6) is 5.75 Å². The monoisotopic (exact) mass is 260 g/mol. The number of imidazole rings is 1. The summed E-state index contributed by atoms with van der Waals surface area (Å²) in [5.41, 5.74) is 2.00. The second-order valence-electron chi connectivity index (χ2n) is 4.52. The molecule has 1 N–H and O–H groups in total. The number of carboxylic acids is 1. The molecule has 0 aliphatic carbocycles. The summed E-state index contributed by atoms with van der Waals surface area (Å²) >= 11 is 0. The smallest absolute Gasteiger partial charge is 0.341 e. The number of ether oxygens (including phenoxy) is 1. The van der Waals surface area contributed by atoms with Crippen LogP contribution in [-0.4, -0.2) is 27.2 Å². The molecule has 0 fully saturated rings. The van der Waals surface area contributed by atoms with Crippen LogP contribution in [0.25, 0.3) is 5.69 Å². The van der Waals surface area contributed by atoms with Crippen molar-refractivity contribution >= 4 is 5.97 Å². The molecule has 1 aromatic carbocycles. The molecule has 1 aromatic heterocycles. The number of nitrogens with zero attached hydrogens (tertiary/aromatic N) is 2. The maximum absolute atomic E-state index is 10.5. The zero-order chi connectivity index (χ0) is 13.8. The van der Waals surface area contributed by atoms with E-state index in [0.717, 1.165) is 11.4 Å². The van der Waals surface area contributed by atoms with Crippen molar-refractivity contribution in [2.24, 2.45) is 0 Å². The molecule has 1 heterocycles. The normalized spacial score (nSPS) is 10.7. The van der Waals surface area contributed by atoms with Crippen molar-refractivity contribution in [1.29, 1.82) is 0 Å². The van der Waals surface area contributed by atoms with Gasteiger partial charge < -0.3 is 14.4 Å². The molecule has 0 spiro atoms. The van der Waals surface area contributed by atoms with E-state index in [9.17, 15) is 4.79 Å². The molecule has 0 radical (unpaired) electrons. The first-order chi connectivity index (χ1) is 9.08. The minimum absolute atomic E-state index is 0.343. The maximum atomic E-state index is 10.5. The van der Waals surface area contributed by atoms with Crippen molar-refractivity contribution in [3.05, 3.63) is 42.5 Å². The van der Waals surface area contributed by atoms with Crippen LogP contribution in [0.15, 0.2) is 36.8 Å². The van der Waals surface area contributed by atoms with Crippen molar-refractivity contribution in [1.82, 2.24) is 9.55 Å². The van der Waals surface area contributed by atoms with E-state index in [4.69, 9.17) is 9.84 Å². The number of carbonyl (C=O) groups is 1. The molecule has 100 valence electrons. The molecule has 19 heavy (non-hydrogen) atoms. The first kappa shape index (κ1) is 13.1. The number of rotatable bonds is 5. The lowest BCUT2D eigenvalue weighted by molar-refractivity contribution is -0.139. The number of aromatic nitrogens is 2. The van der Waals surface area contributed by atoms with Gasteiger partial charge in [0.1, 0.15) is 5.75 Å². The van der Waals surface area contributed by atoms with E-state index in [-0.39, 0.29) is 6.61 Å². The molecule has 0 bridgehead atoms. The fraction of sp³-hybridized carbons (Fsp3) is 0.286. The highest BCUT2D eigenvalue weighted by Crippen LogP contribution is 2.22. The predicted molar refractivity (Wildman–Crippen MR) is 70.8 cm³/mol. The average molecular weight is 260 g/mol. The Morgan fingerprint density at radius 2 is 2.26 bits per heavy atom. The van der Waals surface area contributed by atoms with E-state index in [1.165, 1.54) is 0 Å². The first-order valence-electron chi connectivity index (χ1n) is 6.05. The minimum Gasteiger partial charge on any atom is -0.482 e. The molecule has 5 nitrogen and oxygen atoms in total. The van der Waals surface area contributed by atoms with Gasteiger partial charge in [-0.2, -0.15) is 0 Å². The van der Waals surface area contributed by atoms with Gasteiger partial charge in [-0.3, -0.25) is 0 Å². The Bertz CT molecular complexity index is 576. The quantitative estimate of drug-likeness (QED) is 0.896. The van der Waals surface area contributed by atoms with Gasteiger partial charge in [0.2, 0.25) is 0 Å². The fourth-order valence-electron chi connectivity index (χ4n) is 1.82. The summed E-state index contributed by atoms with van der Waals surface area (Å²) in [5, 5.41) is 8.60. The van der Waals surface area contributed by atoms with E-state index in [1.54, 1.807) is 18.5 Å². The standard InChI is InChI=1S/C14H16N2O3/c1-10(2)13-7-15-9-16(13)11-4-3-5-12(6-11)19-8-14(17)18/h3-7,9-10H,8H2,1-2H3,(H,17,18). The third kappa shape index (κ3) is 3.13. The lowest BCUT2D eigenvalue weighted by Gasteiger charge is -2.12. The number of hydrogen-bond donors (Lipinski definition) is 1. The molecule has 0 unspecified atom stereocenters. The summed E-state index contributed by atoms with van der Waals surface area (Å²) < 4.78 is 7.14. The highest BCUT2D eigenvalue weighted by Gasteiger charge is 2.09. The number of hydrogen-bond acceptors (Lipinski definition) is 3. The zero-order valence-corrected chi connectivity index (χ0v) is 10.9. The van der Waals surface area contributed by atoms with Crippen molar-refractivity contribution < 1.29 is 14.6 Å². The van der Waals surface area contributed by atoms with Gasteiger partial charge in [-0.25, -0.2) is 9.78 Å². The van der Waals surface area contributed by atoms with Gasteiger partial charge in [0.05, 0.1) is 12.0 Å². The van der Waals surface area contributed by atoms with Gasteiger partial charge in [0.15, 0.2) is 6.61 Å². The number of aliphatic carboxylic acids is 1. The Balaban J connectivity index is 2.27. The van der Waals surface area contributed by atoms with E-state index in [1.807, 2.05) is 22.9 Å². The molecule has 2 rings (SSSR count). The van der Waals surface area contributed by atoms with Crippen LogP contribution in [-0.2, 0) is 4.79 Å². The Hall–Kier alpha value is -2.30. The predicted octanol–water partition coefficient (Wildman–Crippen LogP) is 2.46. The van der Waals surface area contributed by atoms with Crippen LogP contribution >= 0.6 is 0 Å². The van der Waals surface area contributed by atoms with Crippen LogP contribution in [0.3, 0.4) is 0 Å². The highest BCUT2D eigenvalue weighted by atomic mass is 16.5. The average Bonchev–Trinajstić information content (AvgIpc) is 2.86. The zero-order valence-electron chi connectivity index (χ0n) is 10.9. The topological polar surface area (TPSA) is 64.4 Å². The van der Waals surface area contributed by atoms with Gasteiger partial charge in [0, 0.05) is 18.0 Å². The third-order valence-corrected chi connectivity index (χ3v) is 2.72. The van der Waals surface area contributed by atoms with Crippen molar-refractivity contribution in [2.45, 2.75) is 19.8 Å². The summed E-state index contributed by atoms with van der Waals surface area (Å²) in [5.74, 6) is -0.106. The molecule has 0 atom stereocenters. The minimum atomic E-state index is -0.990. The van der Waals surface area contributed by atoms with Crippen LogP contribution in [0.2, 0.25) is 0 Å². The maximum Gasteiger partial charge on any atom is 0.341 e. The molecular weight excluding hydrogens is 244 g/mol. The molecule has 0 saturated heterocycles. The molecule has 0 amide bonds. The van der Waals surface area contributed by atoms with E-state index in [2.05, 4.69) is 18.8 Å². The Labute approximate surface area is 111 Å². The molecule has 5 heteroatoms. The molecular formula is C14H16N2O3. The second-order valence-corrected chi connectivity index (χ2v) is 4.52. The van der Waals surface area contributed by atoms with Crippen LogP contribution in [0.1, 0.15) is 25.5 Å².